The van der Waals surface area contributed by atoms with Crippen molar-refractivity contribution in [3.8, 4) is 5.75 Å². The van der Waals surface area contributed by atoms with Gasteiger partial charge in [0.25, 0.3) is 0 Å². The molecule has 0 bridgehead atoms. The lowest BCUT2D eigenvalue weighted by Gasteiger charge is -2.31. The highest BCUT2D eigenvalue weighted by Gasteiger charge is 2.25. The number of aromatic nitrogens is 2. The molecule has 1 saturated heterocycles. The van der Waals surface area contributed by atoms with Crippen LogP contribution in [0, 0.1) is 5.92 Å². The van der Waals surface area contributed by atoms with Gasteiger partial charge in [-0.05, 0) is 81.8 Å². The Labute approximate surface area is 201 Å². The Balaban J connectivity index is 1.37. The van der Waals surface area contributed by atoms with Gasteiger partial charge in [-0.2, -0.15) is 4.98 Å². The van der Waals surface area contributed by atoms with E-state index in [1.165, 1.54) is 45.3 Å². The first kappa shape index (κ1) is 22.2. The standard InChI is InChI=1S/C26H32ClN5O/c1-33-23-11-7-10-22-24(23)29-26(30-25(22)32(27)21-8-3-2-4-9-21)28-20-14-12-19(13-15-20)18-31-16-5-6-17-31/h2-4,7-11,19-20H,5-6,12-18H2,1H3,(H,28,29,30). The van der Waals surface area contributed by atoms with Crippen molar-refractivity contribution in [2.75, 3.05) is 36.5 Å². The molecule has 0 amide bonds. The summed E-state index contributed by atoms with van der Waals surface area (Å²) in [5.41, 5.74) is 1.62. The number of likely N-dealkylation sites (tertiary alicyclic amines) is 1. The van der Waals surface area contributed by atoms with E-state index in [0.717, 1.165) is 35.3 Å². The number of ether oxygens (including phenoxy) is 1. The van der Waals surface area contributed by atoms with E-state index in [2.05, 4.69) is 10.2 Å². The van der Waals surface area contributed by atoms with E-state index in [-0.39, 0.29) is 0 Å². The lowest BCUT2D eigenvalue weighted by atomic mass is 9.86. The molecule has 7 heteroatoms. The molecule has 0 radical (unpaired) electrons. The highest BCUT2D eigenvalue weighted by Crippen LogP contribution is 2.36. The fraction of sp³-hybridized carbons (Fsp3) is 0.462. The highest BCUT2D eigenvalue weighted by molar-refractivity contribution is 6.30. The Kier molecular flexibility index (Phi) is 6.83. The number of hydrogen-bond donors (Lipinski definition) is 1. The summed E-state index contributed by atoms with van der Waals surface area (Å²) >= 11 is 6.79. The van der Waals surface area contributed by atoms with Crippen molar-refractivity contribution in [1.82, 2.24) is 14.9 Å². The molecule has 2 aliphatic rings. The number of nitrogens with one attached hydrogen (secondary N) is 1. The Morgan fingerprint density at radius 3 is 2.48 bits per heavy atom. The van der Waals surface area contributed by atoms with Crippen LogP contribution in [0.1, 0.15) is 38.5 Å². The van der Waals surface area contributed by atoms with Gasteiger partial charge in [-0.3, -0.25) is 0 Å². The molecule has 5 rings (SSSR count). The maximum atomic E-state index is 6.79. The zero-order chi connectivity index (χ0) is 22.6. The summed E-state index contributed by atoms with van der Waals surface area (Å²) in [6, 6.07) is 16.1. The van der Waals surface area contributed by atoms with Crippen LogP contribution >= 0.6 is 11.8 Å². The molecule has 1 saturated carbocycles. The first-order valence-electron chi connectivity index (χ1n) is 12.1. The van der Waals surface area contributed by atoms with E-state index < -0.39 is 0 Å². The van der Waals surface area contributed by atoms with Crippen LogP contribution in [0.3, 0.4) is 0 Å². The monoisotopic (exact) mass is 465 g/mol. The fourth-order valence-electron chi connectivity index (χ4n) is 5.17. The smallest absolute Gasteiger partial charge is 0.225 e. The molecule has 33 heavy (non-hydrogen) atoms. The molecule has 1 aromatic heterocycles. The van der Waals surface area contributed by atoms with Gasteiger partial charge in [0.15, 0.2) is 5.82 Å². The molecular weight excluding hydrogens is 434 g/mol. The van der Waals surface area contributed by atoms with E-state index in [0.29, 0.717) is 23.6 Å². The summed E-state index contributed by atoms with van der Waals surface area (Å²) in [5, 5.41) is 4.46. The summed E-state index contributed by atoms with van der Waals surface area (Å²) in [5.74, 6) is 2.78. The summed E-state index contributed by atoms with van der Waals surface area (Å²) in [6.45, 7) is 3.83. The lowest BCUT2D eigenvalue weighted by Crippen LogP contribution is -2.33. The van der Waals surface area contributed by atoms with Crippen molar-refractivity contribution in [2.24, 2.45) is 5.92 Å². The van der Waals surface area contributed by atoms with E-state index in [1.807, 2.05) is 48.5 Å². The number of para-hydroxylation sites is 2. The van der Waals surface area contributed by atoms with Crippen molar-refractivity contribution in [3.05, 3.63) is 48.5 Å². The number of anilines is 3. The van der Waals surface area contributed by atoms with Gasteiger partial charge in [-0.25, -0.2) is 9.40 Å². The minimum absolute atomic E-state index is 0.375. The molecule has 1 N–H and O–H groups in total. The highest BCUT2D eigenvalue weighted by atomic mass is 35.5. The number of hydrogen-bond acceptors (Lipinski definition) is 6. The van der Waals surface area contributed by atoms with Gasteiger partial charge >= 0.3 is 0 Å². The van der Waals surface area contributed by atoms with E-state index in [1.54, 1.807) is 11.5 Å². The maximum Gasteiger partial charge on any atom is 0.225 e. The number of rotatable bonds is 7. The van der Waals surface area contributed by atoms with Crippen molar-refractivity contribution in [2.45, 2.75) is 44.6 Å². The number of fused-ring (bicyclic) bond motifs is 1. The molecule has 2 aromatic carbocycles. The largest absolute Gasteiger partial charge is 0.494 e. The van der Waals surface area contributed by atoms with Crippen LogP contribution in [0.15, 0.2) is 48.5 Å². The zero-order valence-corrected chi connectivity index (χ0v) is 20.0. The first-order valence-corrected chi connectivity index (χ1v) is 12.4. The summed E-state index contributed by atoms with van der Waals surface area (Å²) < 4.78 is 7.20. The topological polar surface area (TPSA) is 53.5 Å². The summed E-state index contributed by atoms with van der Waals surface area (Å²) in [7, 11) is 1.67. The quantitative estimate of drug-likeness (QED) is 0.432. The first-order chi connectivity index (χ1) is 16.2. The molecule has 0 spiro atoms. The second-order valence-electron chi connectivity index (χ2n) is 9.21. The average molecular weight is 466 g/mol. The predicted octanol–water partition coefficient (Wildman–Crippen LogP) is 6.00. The average Bonchev–Trinajstić information content (AvgIpc) is 3.37. The fourth-order valence-corrected chi connectivity index (χ4v) is 5.41. The van der Waals surface area contributed by atoms with Crippen LogP contribution < -0.4 is 14.5 Å². The molecule has 174 valence electrons. The van der Waals surface area contributed by atoms with Gasteiger partial charge in [-0.1, -0.05) is 24.3 Å². The normalized spacial score (nSPS) is 21.3. The van der Waals surface area contributed by atoms with Crippen LogP contribution in [0.2, 0.25) is 0 Å². The van der Waals surface area contributed by atoms with Gasteiger partial charge in [0.2, 0.25) is 5.95 Å². The number of nitrogens with zero attached hydrogens (tertiary/aromatic N) is 4. The molecule has 3 aromatic rings. The van der Waals surface area contributed by atoms with Gasteiger partial charge < -0.3 is 15.0 Å². The second-order valence-corrected chi connectivity index (χ2v) is 9.55. The van der Waals surface area contributed by atoms with E-state index in [4.69, 9.17) is 26.5 Å². The Morgan fingerprint density at radius 1 is 1.00 bits per heavy atom. The maximum absolute atomic E-state index is 6.79. The van der Waals surface area contributed by atoms with E-state index in [9.17, 15) is 0 Å². The zero-order valence-electron chi connectivity index (χ0n) is 19.2. The van der Waals surface area contributed by atoms with Crippen molar-refractivity contribution >= 4 is 40.1 Å². The molecule has 1 aliphatic heterocycles. The van der Waals surface area contributed by atoms with Gasteiger partial charge in [0.05, 0.1) is 12.8 Å². The minimum atomic E-state index is 0.375. The second kappa shape index (κ2) is 10.1. The third-order valence-electron chi connectivity index (χ3n) is 6.95. The van der Waals surface area contributed by atoms with Crippen molar-refractivity contribution < 1.29 is 4.74 Å². The van der Waals surface area contributed by atoms with Crippen LogP contribution in [0.4, 0.5) is 17.5 Å². The van der Waals surface area contributed by atoms with Crippen LogP contribution in [0.25, 0.3) is 10.9 Å². The van der Waals surface area contributed by atoms with Crippen LogP contribution in [-0.2, 0) is 0 Å². The van der Waals surface area contributed by atoms with Crippen LogP contribution in [0.5, 0.6) is 5.75 Å². The van der Waals surface area contributed by atoms with Crippen LogP contribution in [-0.4, -0.2) is 47.7 Å². The molecule has 2 fully saturated rings. The van der Waals surface area contributed by atoms with Gasteiger partial charge in [0.1, 0.15) is 11.3 Å². The molecule has 1 aliphatic carbocycles. The number of benzene rings is 2. The number of methoxy groups -OCH3 is 1. The minimum Gasteiger partial charge on any atom is -0.494 e. The molecule has 0 unspecified atom stereocenters. The summed E-state index contributed by atoms with van der Waals surface area (Å²) in [6.07, 6.45) is 7.52. The Bertz CT molecular complexity index is 1060. The van der Waals surface area contributed by atoms with Crippen molar-refractivity contribution in [3.63, 3.8) is 0 Å². The Morgan fingerprint density at radius 2 is 1.76 bits per heavy atom. The SMILES string of the molecule is COc1cccc2c(N(Cl)c3ccccc3)nc(NC3CCC(CN4CCCC4)CC3)nc12. The third-order valence-corrected chi connectivity index (χ3v) is 7.31. The third kappa shape index (κ3) is 5.02. The Hall–Kier alpha value is -2.57. The predicted molar refractivity (Wildman–Crippen MR) is 136 cm³/mol. The van der Waals surface area contributed by atoms with E-state index >= 15 is 0 Å². The summed E-state index contributed by atoms with van der Waals surface area (Å²) in [4.78, 5) is 12.3. The number of halogens is 1. The molecule has 6 nitrogen and oxygen atoms in total. The molecule has 0 atom stereocenters. The lowest BCUT2D eigenvalue weighted by molar-refractivity contribution is 0.228. The van der Waals surface area contributed by atoms with Gasteiger partial charge in [0, 0.05) is 29.7 Å². The molecular formula is C26H32ClN5O. The molecule has 2 heterocycles. The van der Waals surface area contributed by atoms with Gasteiger partial charge in [-0.15, -0.1) is 0 Å². The van der Waals surface area contributed by atoms with Crippen molar-refractivity contribution in [1.29, 1.82) is 0 Å².